The van der Waals surface area contributed by atoms with E-state index in [1.54, 1.807) is 24.3 Å². The van der Waals surface area contributed by atoms with E-state index in [2.05, 4.69) is 5.32 Å². The smallest absolute Gasteiger partial charge is 0.335 e. The molecule has 2 aliphatic rings. The lowest BCUT2D eigenvalue weighted by molar-refractivity contribution is -0.122. The number of fused-ring (bicyclic) bond motifs is 1. The molecule has 0 aromatic heterocycles. The summed E-state index contributed by atoms with van der Waals surface area (Å²) in [7, 11) is 1.44. The molecule has 11 heteroatoms. The zero-order valence-corrected chi connectivity index (χ0v) is 20.8. The van der Waals surface area contributed by atoms with Crippen LogP contribution in [-0.2, 0) is 16.2 Å². The Hall–Kier alpha value is -4.21. The fourth-order valence-electron chi connectivity index (χ4n) is 3.78. The van der Waals surface area contributed by atoms with Crippen LogP contribution < -0.4 is 29.2 Å². The molecular weight excluding hydrogens is 523 g/mol. The number of imide groups is 2. The van der Waals surface area contributed by atoms with Gasteiger partial charge in [-0.25, -0.2) is 9.69 Å². The van der Waals surface area contributed by atoms with Crippen LogP contribution in [0.25, 0.3) is 6.08 Å². The third-order valence-electron chi connectivity index (χ3n) is 5.58. The van der Waals surface area contributed by atoms with Crippen LogP contribution in [0.3, 0.4) is 0 Å². The number of rotatable bonds is 6. The zero-order valence-electron chi connectivity index (χ0n) is 19.2. The van der Waals surface area contributed by atoms with Crippen LogP contribution in [-0.4, -0.2) is 31.7 Å². The average molecular weight is 541 g/mol. The predicted octanol–water partition coefficient (Wildman–Crippen LogP) is 4.98. The molecule has 3 aromatic carbocycles. The highest BCUT2D eigenvalue weighted by Gasteiger charge is 2.37. The van der Waals surface area contributed by atoms with Gasteiger partial charge in [-0.3, -0.25) is 14.9 Å². The summed E-state index contributed by atoms with van der Waals surface area (Å²) >= 11 is 12.4. The van der Waals surface area contributed by atoms with Crippen molar-refractivity contribution in [3.63, 3.8) is 0 Å². The summed E-state index contributed by atoms with van der Waals surface area (Å²) in [6, 6.07) is 13.9. The van der Waals surface area contributed by atoms with Crippen molar-refractivity contribution >= 4 is 52.8 Å². The number of barbiturate groups is 1. The van der Waals surface area contributed by atoms with Gasteiger partial charge in [0.15, 0.2) is 23.0 Å². The number of carbonyl (C=O) groups excluding carboxylic acids is 3. The minimum atomic E-state index is -0.882. The summed E-state index contributed by atoms with van der Waals surface area (Å²) in [5.74, 6) is -0.207. The van der Waals surface area contributed by atoms with Gasteiger partial charge in [-0.1, -0.05) is 35.3 Å². The van der Waals surface area contributed by atoms with Gasteiger partial charge in [0.2, 0.25) is 6.79 Å². The minimum Gasteiger partial charge on any atom is -0.493 e. The van der Waals surface area contributed by atoms with Crippen molar-refractivity contribution < 1.29 is 33.3 Å². The Balaban J connectivity index is 1.43. The van der Waals surface area contributed by atoms with Crippen molar-refractivity contribution in [2.45, 2.75) is 6.61 Å². The summed E-state index contributed by atoms with van der Waals surface area (Å²) in [5.41, 5.74) is 1.20. The average Bonchev–Trinajstić information content (AvgIpc) is 3.34. The van der Waals surface area contributed by atoms with Crippen LogP contribution in [0.15, 0.2) is 60.2 Å². The largest absolute Gasteiger partial charge is 0.493 e. The van der Waals surface area contributed by atoms with Crippen molar-refractivity contribution in [2.24, 2.45) is 0 Å². The van der Waals surface area contributed by atoms with E-state index in [-0.39, 0.29) is 35.4 Å². The van der Waals surface area contributed by atoms with E-state index < -0.39 is 17.8 Å². The van der Waals surface area contributed by atoms with Gasteiger partial charge in [-0.05, 0) is 53.6 Å². The topological polar surface area (TPSA) is 103 Å². The highest BCUT2D eigenvalue weighted by atomic mass is 35.5. The maximum atomic E-state index is 13.2. The SMILES string of the molecule is COc1cc(/C=C2\C(=O)NC(=O)N(c3ccc4c(c3)OCO4)C2=O)cc(Cl)c1OCc1ccc(Cl)cc1. The molecule has 9 nitrogen and oxygen atoms in total. The van der Waals surface area contributed by atoms with E-state index in [0.29, 0.717) is 27.8 Å². The van der Waals surface area contributed by atoms with E-state index in [1.165, 1.54) is 31.4 Å². The van der Waals surface area contributed by atoms with Gasteiger partial charge in [0.1, 0.15) is 12.2 Å². The van der Waals surface area contributed by atoms with Crippen molar-refractivity contribution in [2.75, 3.05) is 18.8 Å². The molecule has 0 aliphatic carbocycles. The molecule has 1 fully saturated rings. The van der Waals surface area contributed by atoms with Crippen molar-refractivity contribution in [3.8, 4) is 23.0 Å². The van der Waals surface area contributed by atoms with Crippen molar-refractivity contribution in [1.82, 2.24) is 5.32 Å². The van der Waals surface area contributed by atoms with Crippen molar-refractivity contribution in [3.05, 3.63) is 81.3 Å². The Morgan fingerprint density at radius 2 is 1.76 bits per heavy atom. The van der Waals surface area contributed by atoms with Gasteiger partial charge in [0, 0.05) is 11.1 Å². The molecule has 0 atom stereocenters. The third-order valence-corrected chi connectivity index (χ3v) is 6.11. The van der Waals surface area contributed by atoms with Gasteiger partial charge >= 0.3 is 6.03 Å². The second-order valence-corrected chi connectivity index (χ2v) is 8.79. The predicted molar refractivity (Wildman–Crippen MR) is 135 cm³/mol. The van der Waals surface area contributed by atoms with Crippen LogP contribution in [0.1, 0.15) is 11.1 Å². The Morgan fingerprint density at radius 3 is 2.51 bits per heavy atom. The quantitative estimate of drug-likeness (QED) is 0.347. The maximum absolute atomic E-state index is 13.2. The number of methoxy groups -OCH3 is 1. The summed E-state index contributed by atoms with van der Waals surface area (Å²) in [4.78, 5) is 39.2. The van der Waals surface area contributed by atoms with Crippen molar-refractivity contribution in [1.29, 1.82) is 0 Å². The summed E-state index contributed by atoms with van der Waals surface area (Å²) in [6.45, 7) is 0.242. The van der Waals surface area contributed by atoms with Gasteiger partial charge in [-0.2, -0.15) is 0 Å². The molecule has 188 valence electrons. The second-order valence-electron chi connectivity index (χ2n) is 7.94. The first-order valence-electron chi connectivity index (χ1n) is 10.9. The van der Waals surface area contributed by atoms with Crippen LogP contribution >= 0.6 is 23.2 Å². The fraction of sp³-hybridized carbons (Fsp3) is 0.115. The number of nitrogens with one attached hydrogen (secondary N) is 1. The number of nitrogens with zero attached hydrogens (tertiary/aromatic N) is 1. The molecule has 0 spiro atoms. The summed E-state index contributed by atoms with van der Waals surface area (Å²) in [5, 5.41) is 2.99. The van der Waals surface area contributed by atoms with E-state index >= 15 is 0 Å². The number of anilines is 1. The van der Waals surface area contributed by atoms with Crippen LogP contribution in [0.2, 0.25) is 10.0 Å². The molecule has 1 N–H and O–H groups in total. The molecule has 0 saturated carbocycles. The Morgan fingerprint density at radius 1 is 1.00 bits per heavy atom. The Kier molecular flexibility index (Phi) is 6.64. The van der Waals surface area contributed by atoms with Crippen LogP contribution in [0.5, 0.6) is 23.0 Å². The van der Waals surface area contributed by atoms with Gasteiger partial charge in [0.05, 0.1) is 17.8 Å². The van der Waals surface area contributed by atoms with E-state index in [4.69, 9.17) is 42.1 Å². The lowest BCUT2D eigenvalue weighted by Gasteiger charge is -2.26. The molecule has 0 unspecified atom stereocenters. The maximum Gasteiger partial charge on any atom is 0.335 e. The number of amides is 4. The third kappa shape index (κ3) is 4.91. The number of benzene rings is 3. The van der Waals surface area contributed by atoms with E-state index in [9.17, 15) is 14.4 Å². The lowest BCUT2D eigenvalue weighted by atomic mass is 10.1. The highest BCUT2D eigenvalue weighted by molar-refractivity contribution is 6.39. The number of hydrogen-bond acceptors (Lipinski definition) is 7. The number of halogens is 2. The molecule has 2 heterocycles. The normalized spacial score (nSPS) is 15.7. The highest BCUT2D eigenvalue weighted by Crippen LogP contribution is 2.39. The summed E-state index contributed by atoms with van der Waals surface area (Å²) in [6.07, 6.45) is 1.32. The Labute approximate surface area is 221 Å². The number of ether oxygens (including phenoxy) is 4. The lowest BCUT2D eigenvalue weighted by Crippen LogP contribution is -2.54. The van der Waals surface area contributed by atoms with Gasteiger partial charge in [0.25, 0.3) is 11.8 Å². The monoisotopic (exact) mass is 540 g/mol. The number of hydrogen-bond donors (Lipinski definition) is 1. The molecule has 3 aromatic rings. The number of carbonyl (C=O) groups is 3. The summed E-state index contributed by atoms with van der Waals surface area (Å²) < 4.78 is 21.9. The molecule has 5 rings (SSSR count). The van der Waals surface area contributed by atoms with Gasteiger partial charge < -0.3 is 18.9 Å². The molecule has 1 saturated heterocycles. The standard InChI is InChI=1S/C26H18Cl2N2O7/c1-34-22-10-15(9-19(28)23(22)35-12-14-2-4-16(27)5-3-14)8-18-24(31)29-26(33)30(25(18)32)17-6-7-20-21(11-17)37-13-36-20/h2-11H,12-13H2,1H3,(H,29,31,33)/b18-8+. The number of urea groups is 1. The first kappa shape index (κ1) is 24.5. The minimum absolute atomic E-state index is 0.0323. The molecule has 0 bridgehead atoms. The fourth-order valence-corrected chi connectivity index (χ4v) is 4.18. The molecule has 0 radical (unpaired) electrons. The first-order valence-corrected chi connectivity index (χ1v) is 11.7. The first-order chi connectivity index (χ1) is 17.8. The molecule has 37 heavy (non-hydrogen) atoms. The van der Waals surface area contributed by atoms with E-state index in [1.807, 2.05) is 12.1 Å². The molecule has 2 aliphatic heterocycles. The second kappa shape index (κ2) is 10.0. The Bertz CT molecular complexity index is 1450. The van der Waals surface area contributed by atoms with Crippen LogP contribution in [0.4, 0.5) is 10.5 Å². The van der Waals surface area contributed by atoms with Gasteiger partial charge in [-0.15, -0.1) is 0 Å². The molecule has 4 amide bonds. The van der Waals surface area contributed by atoms with E-state index in [0.717, 1.165) is 10.5 Å². The zero-order chi connectivity index (χ0) is 26.1. The molecular formula is C26H18Cl2N2O7. The van der Waals surface area contributed by atoms with Crippen LogP contribution in [0, 0.1) is 0 Å².